The molecule has 1 aliphatic carbocycles. The van der Waals surface area contributed by atoms with E-state index in [4.69, 9.17) is 4.74 Å². The molecule has 0 amide bonds. The van der Waals surface area contributed by atoms with Gasteiger partial charge in [-0.1, -0.05) is 6.08 Å². The van der Waals surface area contributed by atoms with Gasteiger partial charge in [-0.15, -0.1) is 0 Å². The largest absolute Gasteiger partial charge is 0.466 e. The monoisotopic (exact) mass is 227 g/mol. The van der Waals surface area contributed by atoms with E-state index in [1.165, 1.54) is 20.0 Å². The van der Waals surface area contributed by atoms with Crippen molar-refractivity contribution in [2.24, 2.45) is 5.92 Å². The molecule has 0 saturated heterocycles. The van der Waals surface area contributed by atoms with Crippen LogP contribution in [0.5, 0.6) is 0 Å². The van der Waals surface area contributed by atoms with Crippen LogP contribution in [0, 0.1) is 5.92 Å². The van der Waals surface area contributed by atoms with E-state index < -0.39 is 0 Å². The molecule has 4 heteroatoms. The van der Waals surface area contributed by atoms with Crippen molar-refractivity contribution in [3.63, 3.8) is 0 Å². The van der Waals surface area contributed by atoms with Gasteiger partial charge < -0.3 is 14.8 Å². The third-order valence-corrected chi connectivity index (χ3v) is 2.53. The lowest BCUT2D eigenvalue weighted by Crippen LogP contribution is -2.20. The number of nitrogens with one attached hydrogen (secondary N) is 1. The fraction of sp³-hybridized carbons (Fsp3) is 0.750. The predicted molar refractivity (Wildman–Crippen MR) is 62.2 cm³/mol. The summed E-state index contributed by atoms with van der Waals surface area (Å²) in [5, 5.41) is 3.18. The molecule has 1 fully saturated rings. The third kappa shape index (κ3) is 5.88. The summed E-state index contributed by atoms with van der Waals surface area (Å²) >= 11 is 0. The number of methoxy groups -OCH3 is 1. The average molecular weight is 227 g/mol. The molecule has 1 aliphatic rings. The summed E-state index contributed by atoms with van der Waals surface area (Å²) in [6, 6.07) is 0. The molecule has 1 saturated carbocycles. The van der Waals surface area contributed by atoms with Gasteiger partial charge in [-0.05, 0) is 25.7 Å². The van der Waals surface area contributed by atoms with Crippen LogP contribution in [0.2, 0.25) is 0 Å². The van der Waals surface area contributed by atoms with Crippen LogP contribution in [0.4, 0.5) is 0 Å². The number of rotatable bonds is 8. The summed E-state index contributed by atoms with van der Waals surface area (Å²) < 4.78 is 10.0. The molecule has 1 rings (SSSR count). The second kappa shape index (κ2) is 7.41. The van der Waals surface area contributed by atoms with E-state index >= 15 is 0 Å². The number of hydrogen-bond donors (Lipinski definition) is 1. The van der Waals surface area contributed by atoms with Gasteiger partial charge in [0.1, 0.15) is 0 Å². The first-order valence-corrected chi connectivity index (χ1v) is 5.77. The zero-order chi connectivity index (χ0) is 11.8. The van der Waals surface area contributed by atoms with Gasteiger partial charge in [0.25, 0.3) is 0 Å². The first kappa shape index (κ1) is 13.2. The number of carbonyl (C=O) groups is 1. The van der Waals surface area contributed by atoms with Crippen LogP contribution in [0.1, 0.15) is 19.8 Å². The Bertz CT molecular complexity index is 247. The second-order valence-electron chi connectivity index (χ2n) is 4.10. The molecule has 0 unspecified atom stereocenters. The molecule has 1 N–H and O–H groups in total. The molecular weight excluding hydrogens is 206 g/mol. The van der Waals surface area contributed by atoms with Crippen molar-refractivity contribution in [2.75, 3.05) is 33.4 Å². The van der Waals surface area contributed by atoms with Gasteiger partial charge in [-0.25, -0.2) is 4.79 Å². The van der Waals surface area contributed by atoms with Crippen LogP contribution >= 0.6 is 0 Å². The molecule has 0 aromatic heterocycles. The van der Waals surface area contributed by atoms with Crippen molar-refractivity contribution in [1.82, 2.24) is 5.32 Å². The first-order chi connectivity index (χ1) is 7.74. The maximum Gasteiger partial charge on any atom is 0.333 e. The van der Waals surface area contributed by atoms with E-state index in [1.807, 2.05) is 6.08 Å². The maximum absolute atomic E-state index is 11.0. The zero-order valence-corrected chi connectivity index (χ0v) is 10.1. The minimum atomic E-state index is -0.271. The highest BCUT2D eigenvalue weighted by atomic mass is 16.5. The Hall–Kier alpha value is -0.870. The summed E-state index contributed by atoms with van der Waals surface area (Å²) in [6.07, 6.45) is 4.48. The second-order valence-corrected chi connectivity index (χ2v) is 4.10. The van der Waals surface area contributed by atoms with Gasteiger partial charge in [-0.3, -0.25) is 0 Å². The third-order valence-electron chi connectivity index (χ3n) is 2.53. The molecule has 4 nitrogen and oxygen atoms in total. The molecule has 92 valence electrons. The first-order valence-electron chi connectivity index (χ1n) is 5.77. The van der Waals surface area contributed by atoms with E-state index in [9.17, 15) is 4.79 Å². The van der Waals surface area contributed by atoms with Gasteiger partial charge in [0.15, 0.2) is 0 Å². The maximum atomic E-state index is 11.0. The SMILES string of the molecule is COC(=O)C(C)=CCNCCOCC1CC1. The fourth-order valence-electron chi connectivity index (χ4n) is 1.25. The minimum absolute atomic E-state index is 0.271. The van der Waals surface area contributed by atoms with Gasteiger partial charge in [0, 0.05) is 25.3 Å². The normalized spacial score (nSPS) is 16.2. The number of carbonyl (C=O) groups excluding carboxylic acids is 1. The summed E-state index contributed by atoms with van der Waals surface area (Å²) in [4.78, 5) is 11.0. The van der Waals surface area contributed by atoms with Gasteiger partial charge >= 0.3 is 5.97 Å². The molecule has 0 atom stereocenters. The molecular formula is C12H21NO3. The number of hydrogen-bond acceptors (Lipinski definition) is 4. The van der Waals surface area contributed by atoms with Crippen LogP contribution in [-0.2, 0) is 14.3 Å². The molecule has 0 radical (unpaired) electrons. The lowest BCUT2D eigenvalue weighted by Gasteiger charge is -2.04. The Balaban J connectivity index is 1.91. The van der Waals surface area contributed by atoms with Crippen molar-refractivity contribution >= 4 is 5.97 Å². The number of ether oxygens (including phenoxy) is 2. The van der Waals surface area contributed by atoms with Crippen molar-refractivity contribution in [2.45, 2.75) is 19.8 Å². The van der Waals surface area contributed by atoms with Gasteiger partial charge in [-0.2, -0.15) is 0 Å². The van der Waals surface area contributed by atoms with E-state index in [2.05, 4.69) is 10.1 Å². The average Bonchev–Trinajstić information content (AvgIpc) is 3.10. The molecule has 0 spiro atoms. The highest BCUT2D eigenvalue weighted by Gasteiger charge is 2.20. The smallest absolute Gasteiger partial charge is 0.333 e. The quantitative estimate of drug-likeness (QED) is 0.383. The Kier molecular flexibility index (Phi) is 6.11. The minimum Gasteiger partial charge on any atom is -0.466 e. The van der Waals surface area contributed by atoms with E-state index in [0.717, 1.165) is 25.7 Å². The zero-order valence-electron chi connectivity index (χ0n) is 10.1. The molecule has 0 aromatic rings. The van der Waals surface area contributed by atoms with Crippen LogP contribution in [0.15, 0.2) is 11.6 Å². The van der Waals surface area contributed by atoms with E-state index in [1.54, 1.807) is 6.92 Å². The highest BCUT2D eigenvalue weighted by molar-refractivity contribution is 5.87. The summed E-state index contributed by atoms with van der Waals surface area (Å²) in [6.45, 7) is 4.88. The van der Waals surface area contributed by atoms with Crippen molar-refractivity contribution in [3.8, 4) is 0 Å². The molecule has 0 heterocycles. The molecule has 0 bridgehead atoms. The van der Waals surface area contributed by atoms with Crippen LogP contribution in [0.3, 0.4) is 0 Å². The Morgan fingerprint density at radius 2 is 2.25 bits per heavy atom. The van der Waals surface area contributed by atoms with Gasteiger partial charge in [0.05, 0.1) is 13.7 Å². The Labute approximate surface area is 97.0 Å². The lowest BCUT2D eigenvalue weighted by molar-refractivity contribution is -0.136. The number of esters is 1. The van der Waals surface area contributed by atoms with Crippen molar-refractivity contribution in [3.05, 3.63) is 11.6 Å². The summed E-state index contributed by atoms with van der Waals surface area (Å²) in [7, 11) is 1.39. The summed E-state index contributed by atoms with van der Waals surface area (Å²) in [5.41, 5.74) is 0.633. The van der Waals surface area contributed by atoms with Gasteiger partial charge in [0.2, 0.25) is 0 Å². The lowest BCUT2D eigenvalue weighted by atomic mass is 10.3. The molecule has 16 heavy (non-hydrogen) atoms. The topological polar surface area (TPSA) is 47.6 Å². The highest BCUT2D eigenvalue weighted by Crippen LogP contribution is 2.28. The van der Waals surface area contributed by atoms with Crippen molar-refractivity contribution < 1.29 is 14.3 Å². The fourth-order valence-corrected chi connectivity index (χ4v) is 1.25. The Morgan fingerprint density at radius 3 is 2.88 bits per heavy atom. The standard InChI is InChI=1S/C12H21NO3/c1-10(12(14)15-2)5-6-13-7-8-16-9-11-3-4-11/h5,11,13H,3-4,6-9H2,1-2H3. The predicted octanol–water partition coefficient (Wildman–Crippen LogP) is 1.12. The van der Waals surface area contributed by atoms with E-state index in [-0.39, 0.29) is 5.97 Å². The van der Waals surface area contributed by atoms with Crippen LogP contribution in [-0.4, -0.2) is 39.4 Å². The van der Waals surface area contributed by atoms with E-state index in [0.29, 0.717) is 12.1 Å². The van der Waals surface area contributed by atoms with Crippen LogP contribution in [0.25, 0.3) is 0 Å². The van der Waals surface area contributed by atoms with Crippen molar-refractivity contribution in [1.29, 1.82) is 0 Å². The summed E-state index contributed by atoms with van der Waals surface area (Å²) in [5.74, 6) is 0.549. The molecule has 0 aliphatic heterocycles. The Morgan fingerprint density at radius 1 is 1.50 bits per heavy atom. The molecule has 0 aromatic carbocycles. The van der Waals surface area contributed by atoms with Crippen LogP contribution < -0.4 is 5.32 Å².